The summed E-state index contributed by atoms with van der Waals surface area (Å²) in [5, 5.41) is 0. The van der Waals surface area contributed by atoms with Crippen LogP contribution >= 0.6 is 27.5 Å². The number of rotatable bonds is 6. The Kier molecular flexibility index (Phi) is 6.06. The lowest BCUT2D eigenvalue weighted by molar-refractivity contribution is 0.561. The summed E-state index contributed by atoms with van der Waals surface area (Å²) in [4.78, 5) is 10.6. The summed E-state index contributed by atoms with van der Waals surface area (Å²) in [6, 6.07) is 0.477. The van der Waals surface area contributed by atoms with E-state index in [9.17, 15) is 0 Å². The largest absolute Gasteiger partial charge is 0.351 e. The Labute approximate surface area is 110 Å². The summed E-state index contributed by atoms with van der Waals surface area (Å²) in [6.45, 7) is 5.18. The lowest BCUT2D eigenvalue weighted by Crippen LogP contribution is -2.37. The maximum absolute atomic E-state index is 5.86. The topological polar surface area (TPSA) is 29.0 Å². The van der Waals surface area contributed by atoms with Gasteiger partial charge in [0.25, 0.3) is 0 Å². The van der Waals surface area contributed by atoms with E-state index in [2.05, 4.69) is 44.6 Å². The minimum Gasteiger partial charge on any atom is -0.351 e. The summed E-state index contributed by atoms with van der Waals surface area (Å²) in [5.41, 5.74) is 0. The molecule has 0 unspecified atom stereocenters. The first kappa shape index (κ1) is 13.7. The van der Waals surface area contributed by atoms with Gasteiger partial charge in [0.2, 0.25) is 0 Å². The molecule has 0 fully saturated rings. The number of hydrogen-bond donors (Lipinski definition) is 0. The smallest absolute Gasteiger partial charge is 0.146 e. The molecule has 1 rings (SSSR count). The van der Waals surface area contributed by atoms with Crippen molar-refractivity contribution in [3.05, 3.63) is 17.0 Å². The second kappa shape index (κ2) is 7.07. The summed E-state index contributed by atoms with van der Waals surface area (Å²) in [6.07, 6.45) is 5.52. The minimum atomic E-state index is 0.477. The summed E-state index contributed by atoms with van der Waals surface area (Å²) in [7, 11) is 0. The first-order valence-electron chi connectivity index (χ1n) is 5.52. The van der Waals surface area contributed by atoms with E-state index in [1.165, 1.54) is 0 Å². The van der Waals surface area contributed by atoms with Gasteiger partial charge in [0.05, 0.1) is 4.47 Å². The molecule has 0 bridgehead atoms. The molecule has 1 heterocycles. The minimum absolute atomic E-state index is 0.477. The molecule has 1 aromatic heterocycles. The van der Waals surface area contributed by atoms with Crippen LogP contribution in [0, 0.1) is 0 Å². The first-order chi connectivity index (χ1) is 7.74. The SMILES string of the molecule is CCC(CC)N(CCCl)c1ncncc1Br. The van der Waals surface area contributed by atoms with E-state index in [-0.39, 0.29) is 0 Å². The molecule has 16 heavy (non-hydrogen) atoms. The zero-order chi connectivity index (χ0) is 12.0. The average molecular weight is 307 g/mol. The Morgan fingerprint density at radius 2 is 2.12 bits per heavy atom. The highest BCUT2D eigenvalue weighted by atomic mass is 79.9. The van der Waals surface area contributed by atoms with Crippen molar-refractivity contribution in [1.82, 2.24) is 9.97 Å². The summed E-state index contributed by atoms with van der Waals surface area (Å²) in [5.74, 6) is 1.54. The number of aromatic nitrogens is 2. The molecular weight excluding hydrogens is 289 g/mol. The number of nitrogens with zero attached hydrogens (tertiary/aromatic N) is 3. The van der Waals surface area contributed by atoms with Crippen molar-refractivity contribution < 1.29 is 0 Å². The van der Waals surface area contributed by atoms with Crippen molar-refractivity contribution in [2.45, 2.75) is 32.7 Å². The van der Waals surface area contributed by atoms with E-state index >= 15 is 0 Å². The molecule has 0 aliphatic heterocycles. The molecule has 0 aromatic carbocycles. The Bertz CT molecular complexity index is 318. The fourth-order valence-electron chi connectivity index (χ4n) is 1.80. The molecule has 3 nitrogen and oxygen atoms in total. The van der Waals surface area contributed by atoms with Gasteiger partial charge in [-0.3, -0.25) is 0 Å². The maximum atomic E-state index is 5.86. The molecule has 0 aliphatic carbocycles. The van der Waals surface area contributed by atoms with Crippen LogP contribution in [0.2, 0.25) is 0 Å². The van der Waals surface area contributed by atoms with Crippen molar-refractivity contribution >= 4 is 33.3 Å². The van der Waals surface area contributed by atoms with Crippen LogP contribution in [-0.4, -0.2) is 28.4 Å². The summed E-state index contributed by atoms with van der Waals surface area (Å²) >= 11 is 9.34. The first-order valence-corrected chi connectivity index (χ1v) is 6.85. The molecule has 0 radical (unpaired) electrons. The van der Waals surface area contributed by atoms with Gasteiger partial charge in [-0.25, -0.2) is 9.97 Å². The van der Waals surface area contributed by atoms with Gasteiger partial charge in [-0.15, -0.1) is 11.6 Å². The molecule has 1 aromatic rings. The monoisotopic (exact) mass is 305 g/mol. The van der Waals surface area contributed by atoms with Crippen LogP contribution in [0.4, 0.5) is 5.82 Å². The fourth-order valence-corrected chi connectivity index (χ4v) is 2.43. The Morgan fingerprint density at radius 1 is 1.44 bits per heavy atom. The van der Waals surface area contributed by atoms with Crippen molar-refractivity contribution in [1.29, 1.82) is 0 Å². The maximum Gasteiger partial charge on any atom is 0.146 e. The number of anilines is 1. The van der Waals surface area contributed by atoms with Crippen molar-refractivity contribution in [3.63, 3.8) is 0 Å². The molecular formula is C11H17BrClN3. The van der Waals surface area contributed by atoms with Crippen molar-refractivity contribution in [2.24, 2.45) is 0 Å². The van der Waals surface area contributed by atoms with E-state index in [0.29, 0.717) is 11.9 Å². The van der Waals surface area contributed by atoms with Crippen LogP contribution in [0.25, 0.3) is 0 Å². The van der Waals surface area contributed by atoms with Gasteiger partial charge in [0.15, 0.2) is 0 Å². The Morgan fingerprint density at radius 3 is 2.62 bits per heavy atom. The Balaban J connectivity index is 2.97. The van der Waals surface area contributed by atoms with Crippen LogP contribution < -0.4 is 4.90 Å². The molecule has 0 atom stereocenters. The van der Waals surface area contributed by atoms with Crippen molar-refractivity contribution in [3.8, 4) is 0 Å². The van der Waals surface area contributed by atoms with Gasteiger partial charge in [0.1, 0.15) is 12.1 Å². The molecule has 0 amide bonds. The van der Waals surface area contributed by atoms with E-state index in [1.807, 2.05) is 0 Å². The third-order valence-corrected chi connectivity index (χ3v) is 3.36. The third kappa shape index (κ3) is 3.32. The molecule has 0 aliphatic rings. The average Bonchev–Trinajstić information content (AvgIpc) is 2.30. The van der Waals surface area contributed by atoms with E-state index in [0.717, 1.165) is 29.7 Å². The van der Waals surface area contributed by atoms with Crippen molar-refractivity contribution in [2.75, 3.05) is 17.3 Å². The predicted octanol–water partition coefficient (Wildman–Crippen LogP) is 3.47. The molecule has 0 saturated heterocycles. The standard InChI is InChI=1S/C11H17BrClN3/c1-3-9(4-2)16(6-5-13)11-10(12)7-14-8-15-11/h7-9H,3-6H2,1-2H3. The highest BCUT2D eigenvalue weighted by Gasteiger charge is 2.18. The van der Waals surface area contributed by atoms with Gasteiger partial charge in [0, 0.05) is 24.7 Å². The van der Waals surface area contributed by atoms with Crippen LogP contribution in [0.1, 0.15) is 26.7 Å². The highest BCUT2D eigenvalue weighted by Crippen LogP contribution is 2.25. The van der Waals surface area contributed by atoms with E-state index in [1.54, 1.807) is 12.5 Å². The zero-order valence-electron chi connectivity index (χ0n) is 9.66. The van der Waals surface area contributed by atoms with Gasteiger partial charge in [-0.05, 0) is 28.8 Å². The van der Waals surface area contributed by atoms with Crippen LogP contribution in [0.15, 0.2) is 17.0 Å². The van der Waals surface area contributed by atoms with Crippen LogP contribution in [0.5, 0.6) is 0 Å². The lowest BCUT2D eigenvalue weighted by atomic mass is 10.1. The number of alkyl halides is 1. The van der Waals surface area contributed by atoms with Gasteiger partial charge >= 0.3 is 0 Å². The van der Waals surface area contributed by atoms with Crippen LogP contribution in [-0.2, 0) is 0 Å². The number of halogens is 2. The second-order valence-electron chi connectivity index (χ2n) is 3.55. The van der Waals surface area contributed by atoms with Crippen LogP contribution in [0.3, 0.4) is 0 Å². The summed E-state index contributed by atoms with van der Waals surface area (Å²) < 4.78 is 0.923. The highest BCUT2D eigenvalue weighted by molar-refractivity contribution is 9.10. The second-order valence-corrected chi connectivity index (χ2v) is 4.78. The quantitative estimate of drug-likeness (QED) is 0.754. The Hall–Kier alpha value is -0.350. The molecule has 0 saturated carbocycles. The predicted molar refractivity (Wildman–Crippen MR) is 72.2 cm³/mol. The molecule has 5 heteroatoms. The van der Waals surface area contributed by atoms with Gasteiger partial charge < -0.3 is 4.90 Å². The normalized spacial score (nSPS) is 10.8. The lowest BCUT2D eigenvalue weighted by Gasteiger charge is -2.31. The zero-order valence-corrected chi connectivity index (χ0v) is 12.0. The molecule has 0 N–H and O–H groups in total. The molecule has 90 valence electrons. The number of hydrogen-bond acceptors (Lipinski definition) is 3. The fraction of sp³-hybridized carbons (Fsp3) is 0.636. The van der Waals surface area contributed by atoms with Gasteiger partial charge in [-0.2, -0.15) is 0 Å². The van der Waals surface area contributed by atoms with E-state index in [4.69, 9.17) is 11.6 Å². The van der Waals surface area contributed by atoms with E-state index < -0.39 is 0 Å². The molecule has 0 spiro atoms. The third-order valence-electron chi connectivity index (χ3n) is 2.63. The van der Waals surface area contributed by atoms with Gasteiger partial charge in [-0.1, -0.05) is 13.8 Å².